The second-order valence-electron chi connectivity index (χ2n) is 5.65. The number of para-hydroxylation sites is 1. The van der Waals surface area contributed by atoms with Crippen molar-refractivity contribution in [1.29, 1.82) is 0 Å². The van der Waals surface area contributed by atoms with Crippen molar-refractivity contribution in [3.8, 4) is 16.2 Å². The topological polar surface area (TPSA) is 81.4 Å². The van der Waals surface area contributed by atoms with Gasteiger partial charge in [0.05, 0.1) is 4.88 Å². The molecule has 0 fully saturated rings. The van der Waals surface area contributed by atoms with Gasteiger partial charge in [0.25, 0.3) is 5.91 Å². The molecule has 0 saturated heterocycles. The number of carbonyl (C=O) groups excluding carboxylic acids is 2. The van der Waals surface area contributed by atoms with E-state index in [-0.39, 0.29) is 5.91 Å². The molecule has 5 nitrogen and oxygen atoms in total. The van der Waals surface area contributed by atoms with Crippen LogP contribution >= 0.6 is 11.3 Å². The van der Waals surface area contributed by atoms with E-state index in [0.717, 1.165) is 21.8 Å². The Balaban J connectivity index is 1.58. The van der Waals surface area contributed by atoms with E-state index in [1.807, 2.05) is 30.3 Å². The fourth-order valence-corrected chi connectivity index (χ4v) is 3.81. The van der Waals surface area contributed by atoms with Gasteiger partial charge in [-0.2, -0.15) is 0 Å². The number of carbonyl (C=O) groups is 2. The Morgan fingerprint density at radius 3 is 2.60 bits per heavy atom. The number of anilines is 1. The summed E-state index contributed by atoms with van der Waals surface area (Å²) in [4.78, 5) is 25.3. The highest BCUT2D eigenvalue weighted by molar-refractivity contribution is 7.17. The van der Waals surface area contributed by atoms with Gasteiger partial charge in [0.2, 0.25) is 5.91 Å². The van der Waals surface area contributed by atoms with E-state index in [1.165, 1.54) is 11.3 Å². The highest BCUT2D eigenvalue weighted by Crippen LogP contribution is 2.42. The van der Waals surface area contributed by atoms with Crippen molar-refractivity contribution < 1.29 is 14.3 Å². The van der Waals surface area contributed by atoms with Crippen molar-refractivity contribution in [2.24, 2.45) is 5.73 Å². The molecule has 2 heterocycles. The van der Waals surface area contributed by atoms with Crippen LogP contribution in [0.2, 0.25) is 0 Å². The molecule has 0 unspecified atom stereocenters. The number of thiophene rings is 1. The fourth-order valence-electron chi connectivity index (χ4n) is 2.72. The summed E-state index contributed by atoms with van der Waals surface area (Å²) in [5.74, 6) is 0.150. The Morgan fingerprint density at radius 1 is 1.08 bits per heavy atom. The molecule has 0 atom stereocenters. The third-order valence-corrected chi connectivity index (χ3v) is 5.18. The summed E-state index contributed by atoms with van der Waals surface area (Å²) in [6.07, 6.45) is 0. The van der Waals surface area contributed by atoms with Crippen molar-refractivity contribution in [2.75, 3.05) is 5.32 Å². The molecule has 1 aliphatic rings. The Bertz CT molecular complexity index is 977. The number of rotatable bonds is 3. The number of primary amides is 1. The zero-order valence-electron chi connectivity index (χ0n) is 13.1. The summed E-state index contributed by atoms with van der Waals surface area (Å²) in [5, 5.41) is 2.84. The van der Waals surface area contributed by atoms with Crippen molar-refractivity contribution in [2.45, 2.75) is 6.61 Å². The lowest BCUT2D eigenvalue weighted by Crippen LogP contribution is -2.12. The molecule has 3 N–H and O–H groups in total. The largest absolute Gasteiger partial charge is 0.488 e. The first-order valence-corrected chi connectivity index (χ1v) is 8.49. The number of nitrogens with two attached hydrogens (primary N) is 1. The molecule has 0 radical (unpaired) electrons. The maximum absolute atomic E-state index is 12.5. The Kier molecular flexibility index (Phi) is 3.74. The maximum Gasteiger partial charge on any atom is 0.265 e. The molecule has 1 aliphatic heterocycles. The lowest BCUT2D eigenvalue weighted by Gasteiger charge is -2.16. The first-order chi connectivity index (χ1) is 12.1. The highest BCUT2D eigenvalue weighted by Gasteiger charge is 2.22. The van der Waals surface area contributed by atoms with Crippen LogP contribution in [0.5, 0.6) is 5.75 Å². The third-order valence-electron chi connectivity index (χ3n) is 3.97. The van der Waals surface area contributed by atoms with Gasteiger partial charge in [-0.3, -0.25) is 9.59 Å². The average Bonchev–Trinajstić information content (AvgIpc) is 3.07. The molecule has 1 aromatic heterocycles. The van der Waals surface area contributed by atoms with Crippen molar-refractivity contribution in [3.05, 3.63) is 70.6 Å². The predicted octanol–water partition coefficient (Wildman–Crippen LogP) is 3.66. The van der Waals surface area contributed by atoms with Gasteiger partial charge in [-0.15, -0.1) is 11.3 Å². The molecule has 25 heavy (non-hydrogen) atoms. The molecule has 3 aromatic rings. The van der Waals surface area contributed by atoms with Crippen molar-refractivity contribution >= 4 is 28.8 Å². The van der Waals surface area contributed by atoms with Gasteiger partial charge >= 0.3 is 0 Å². The van der Waals surface area contributed by atoms with Gasteiger partial charge in [0, 0.05) is 27.3 Å². The third kappa shape index (κ3) is 2.88. The van der Waals surface area contributed by atoms with Crippen LogP contribution in [0.15, 0.2) is 54.6 Å². The second kappa shape index (κ2) is 6.07. The number of amides is 2. The Morgan fingerprint density at radius 2 is 1.84 bits per heavy atom. The SMILES string of the molecule is NC(=O)c1ccc(NC(=O)c2cc3c(s2)-c2ccccc2OC3)cc1. The van der Waals surface area contributed by atoms with E-state index < -0.39 is 5.91 Å². The molecule has 0 spiro atoms. The fraction of sp³-hybridized carbons (Fsp3) is 0.0526. The molecular weight excluding hydrogens is 336 g/mol. The summed E-state index contributed by atoms with van der Waals surface area (Å²) in [6.45, 7) is 0.462. The summed E-state index contributed by atoms with van der Waals surface area (Å²) in [6, 6.07) is 16.2. The summed E-state index contributed by atoms with van der Waals surface area (Å²) in [5.41, 5.74) is 8.25. The first kappa shape index (κ1) is 15.4. The van der Waals surface area contributed by atoms with E-state index >= 15 is 0 Å². The Labute approximate surface area is 148 Å². The van der Waals surface area contributed by atoms with Crippen LogP contribution in [0.3, 0.4) is 0 Å². The maximum atomic E-state index is 12.5. The number of hydrogen-bond acceptors (Lipinski definition) is 4. The van der Waals surface area contributed by atoms with Crippen LogP contribution < -0.4 is 15.8 Å². The van der Waals surface area contributed by atoms with Crippen LogP contribution in [0.25, 0.3) is 10.4 Å². The summed E-state index contributed by atoms with van der Waals surface area (Å²) in [7, 11) is 0. The normalized spacial score (nSPS) is 11.8. The van der Waals surface area contributed by atoms with Crippen LogP contribution in [0.4, 0.5) is 5.69 Å². The van der Waals surface area contributed by atoms with Crippen LogP contribution in [-0.4, -0.2) is 11.8 Å². The van der Waals surface area contributed by atoms with Gasteiger partial charge in [0.15, 0.2) is 0 Å². The minimum absolute atomic E-state index is 0.191. The van der Waals surface area contributed by atoms with Crippen LogP contribution in [-0.2, 0) is 6.61 Å². The number of nitrogens with one attached hydrogen (secondary N) is 1. The molecule has 6 heteroatoms. The molecular formula is C19H14N2O3S. The number of benzene rings is 2. The minimum atomic E-state index is -0.498. The molecule has 124 valence electrons. The van der Waals surface area contributed by atoms with Crippen molar-refractivity contribution in [3.63, 3.8) is 0 Å². The van der Waals surface area contributed by atoms with Gasteiger partial charge in [-0.1, -0.05) is 12.1 Å². The highest BCUT2D eigenvalue weighted by atomic mass is 32.1. The molecule has 0 bridgehead atoms. The van der Waals surface area contributed by atoms with E-state index in [0.29, 0.717) is 22.7 Å². The zero-order valence-corrected chi connectivity index (χ0v) is 13.9. The van der Waals surface area contributed by atoms with Gasteiger partial charge in [-0.05, 0) is 42.5 Å². The van der Waals surface area contributed by atoms with Crippen LogP contribution in [0, 0.1) is 0 Å². The van der Waals surface area contributed by atoms with E-state index in [1.54, 1.807) is 24.3 Å². The number of fused-ring (bicyclic) bond motifs is 3. The van der Waals surface area contributed by atoms with Gasteiger partial charge in [-0.25, -0.2) is 0 Å². The van der Waals surface area contributed by atoms with Gasteiger partial charge in [0.1, 0.15) is 12.4 Å². The molecule has 0 saturated carbocycles. The molecule has 0 aliphatic carbocycles. The average molecular weight is 350 g/mol. The van der Waals surface area contributed by atoms with E-state index in [4.69, 9.17) is 10.5 Å². The van der Waals surface area contributed by atoms with E-state index in [2.05, 4.69) is 5.32 Å². The standard InChI is InChI=1S/C19H14N2O3S/c20-18(22)11-5-7-13(8-6-11)21-19(23)16-9-12-10-24-15-4-2-1-3-14(15)17(12)25-16/h1-9H,10H2,(H2,20,22)(H,21,23). The molecule has 2 aromatic carbocycles. The second-order valence-corrected chi connectivity index (χ2v) is 6.70. The summed E-state index contributed by atoms with van der Waals surface area (Å²) < 4.78 is 5.73. The zero-order chi connectivity index (χ0) is 17.4. The van der Waals surface area contributed by atoms with E-state index in [9.17, 15) is 9.59 Å². The lowest BCUT2D eigenvalue weighted by molar-refractivity contribution is 0.0998. The van der Waals surface area contributed by atoms with Gasteiger partial charge < -0.3 is 15.8 Å². The lowest BCUT2D eigenvalue weighted by atomic mass is 10.1. The smallest absolute Gasteiger partial charge is 0.265 e. The van der Waals surface area contributed by atoms with Crippen LogP contribution in [0.1, 0.15) is 25.6 Å². The Hall–Kier alpha value is -3.12. The molecule has 2 amide bonds. The number of hydrogen-bond donors (Lipinski definition) is 2. The predicted molar refractivity (Wildman–Crippen MR) is 97.0 cm³/mol. The van der Waals surface area contributed by atoms with Crippen molar-refractivity contribution in [1.82, 2.24) is 0 Å². The molecule has 4 rings (SSSR count). The quantitative estimate of drug-likeness (QED) is 0.756. The monoisotopic (exact) mass is 350 g/mol. The minimum Gasteiger partial charge on any atom is -0.488 e. The summed E-state index contributed by atoms with van der Waals surface area (Å²) >= 11 is 1.45. The number of ether oxygens (including phenoxy) is 1. The first-order valence-electron chi connectivity index (χ1n) is 7.68.